The molecule has 0 aliphatic carbocycles. The Labute approximate surface area is 287 Å². The van der Waals surface area contributed by atoms with Gasteiger partial charge in [-0.2, -0.15) is 10.4 Å². The van der Waals surface area contributed by atoms with E-state index < -0.39 is 0 Å². The number of hydrogen-bond donors (Lipinski definition) is 2. The summed E-state index contributed by atoms with van der Waals surface area (Å²) in [6.45, 7) is 10.4. The minimum absolute atomic E-state index is 0.253. The predicted octanol–water partition coefficient (Wildman–Crippen LogP) is 8.65. The molecule has 2 N–H and O–H groups in total. The van der Waals surface area contributed by atoms with Gasteiger partial charge in [-0.1, -0.05) is 81.4 Å². The van der Waals surface area contributed by atoms with Crippen molar-refractivity contribution in [2.45, 2.75) is 52.6 Å². The van der Waals surface area contributed by atoms with Crippen LogP contribution in [-0.4, -0.2) is 37.2 Å². The molecule has 0 unspecified atom stereocenters. The van der Waals surface area contributed by atoms with Crippen LogP contribution >= 0.6 is 0 Å². The zero-order chi connectivity index (χ0) is 34.4. The Morgan fingerprint density at radius 3 is 2.33 bits per heavy atom. The molecule has 0 atom stereocenters. The van der Waals surface area contributed by atoms with E-state index in [-0.39, 0.29) is 11.4 Å². The second-order valence-corrected chi connectivity index (χ2v) is 13.2. The van der Waals surface area contributed by atoms with Crippen LogP contribution in [-0.2, 0) is 18.5 Å². The number of rotatable bonds is 10. The number of carbonyl (C=O) groups excluding carboxylic acids is 1. The second-order valence-electron chi connectivity index (χ2n) is 13.2. The molecule has 0 bridgehead atoms. The van der Waals surface area contributed by atoms with Gasteiger partial charge in [0.2, 0.25) is 0 Å². The summed E-state index contributed by atoms with van der Waals surface area (Å²) in [4.78, 5) is 24.5. The van der Waals surface area contributed by atoms with E-state index >= 15 is 0 Å². The lowest BCUT2D eigenvalue weighted by molar-refractivity contribution is 0.262. The van der Waals surface area contributed by atoms with Crippen LogP contribution in [0.25, 0.3) is 27.6 Å². The molecule has 0 radical (unpaired) electrons. The van der Waals surface area contributed by atoms with Crippen molar-refractivity contribution >= 4 is 28.3 Å². The van der Waals surface area contributed by atoms with E-state index in [1.807, 2.05) is 55.6 Å². The lowest BCUT2D eigenvalue weighted by Gasteiger charge is -2.21. The van der Waals surface area contributed by atoms with Gasteiger partial charge < -0.3 is 5.32 Å². The molecule has 3 aromatic carbocycles. The number of nitriles is 1. The van der Waals surface area contributed by atoms with Crippen LogP contribution < -0.4 is 10.6 Å². The average molecular weight is 649 g/mol. The van der Waals surface area contributed by atoms with Crippen molar-refractivity contribution in [2.75, 3.05) is 17.2 Å². The molecule has 246 valence electrons. The lowest BCUT2D eigenvalue weighted by atomic mass is 9.89. The first-order valence-corrected chi connectivity index (χ1v) is 16.4. The van der Waals surface area contributed by atoms with E-state index in [1.165, 1.54) is 5.56 Å². The number of hydrogen-bond acceptors (Lipinski definition) is 6. The van der Waals surface area contributed by atoms with Gasteiger partial charge in [0, 0.05) is 55.1 Å². The smallest absolute Gasteiger partial charge is 0.307 e. The Bertz CT molecular complexity index is 2090. The number of aromatic nitrogens is 4. The highest BCUT2D eigenvalue weighted by molar-refractivity contribution is 6.09. The maximum absolute atomic E-state index is 13.6. The van der Waals surface area contributed by atoms with Gasteiger partial charge in [-0.3, -0.25) is 20.2 Å². The molecule has 2 amide bonds. The molecule has 9 nitrogen and oxygen atoms in total. The maximum Gasteiger partial charge on any atom is 0.324 e. The van der Waals surface area contributed by atoms with Crippen LogP contribution in [0, 0.1) is 18.3 Å². The number of anilines is 2. The largest absolute Gasteiger partial charge is 0.324 e. The lowest BCUT2D eigenvalue weighted by Crippen LogP contribution is -2.24. The number of urea groups is 1. The second kappa shape index (κ2) is 14.5. The molecule has 0 spiro atoms. The molecule has 0 fully saturated rings. The SMILES string of the molecule is Cc1ccc(-n2ncc(C(C)(C)C)c2NC(=O)Nc2ccc(-c3ccc(CN(CCC#N)Cc4cccnc4)cc3)c3ccccc23)cn1. The topological polar surface area (TPSA) is 112 Å². The Morgan fingerprint density at radius 1 is 0.857 bits per heavy atom. The van der Waals surface area contributed by atoms with Crippen molar-refractivity contribution in [2.24, 2.45) is 0 Å². The van der Waals surface area contributed by atoms with Crippen LogP contribution in [0.5, 0.6) is 0 Å². The number of pyridine rings is 2. The molecule has 3 heterocycles. The molecule has 0 saturated carbocycles. The van der Waals surface area contributed by atoms with E-state index in [9.17, 15) is 10.1 Å². The Hall–Kier alpha value is -5.85. The van der Waals surface area contributed by atoms with Crippen molar-refractivity contribution in [3.8, 4) is 22.9 Å². The third-order valence-corrected chi connectivity index (χ3v) is 8.46. The number of fused-ring (bicyclic) bond motifs is 1. The fourth-order valence-corrected chi connectivity index (χ4v) is 5.94. The van der Waals surface area contributed by atoms with Crippen molar-refractivity contribution in [1.82, 2.24) is 24.6 Å². The van der Waals surface area contributed by atoms with Gasteiger partial charge in [0.25, 0.3) is 0 Å². The highest BCUT2D eigenvalue weighted by Crippen LogP contribution is 2.35. The number of carbonyl (C=O) groups is 1. The first kappa shape index (κ1) is 33.1. The Morgan fingerprint density at radius 2 is 1.63 bits per heavy atom. The minimum atomic E-state index is -0.359. The summed E-state index contributed by atoms with van der Waals surface area (Å²) in [7, 11) is 0. The number of nitrogens with one attached hydrogen (secondary N) is 2. The number of amides is 2. The zero-order valence-electron chi connectivity index (χ0n) is 28.3. The van der Waals surface area contributed by atoms with Crippen LogP contribution in [0.2, 0.25) is 0 Å². The monoisotopic (exact) mass is 648 g/mol. The summed E-state index contributed by atoms with van der Waals surface area (Å²) in [6.07, 6.45) is 7.66. The van der Waals surface area contributed by atoms with Crippen LogP contribution in [0.4, 0.5) is 16.3 Å². The highest BCUT2D eigenvalue weighted by atomic mass is 16.2. The summed E-state index contributed by atoms with van der Waals surface area (Å²) in [6, 6.07) is 30.4. The third kappa shape index (κ3) is 7.83. The van der Waals surface area contributed by atoms with E-state index in [1.54, 1.807) is 23.3 Å². The molecule has 49 heavy (non-hydrogen) atoms. The third-order valence-electron chi connectivity index (χ3n) is 8.46. The van der Waals surface area contributed by atoms with Gasteiger partial charge in [-0.05, 0) is 64.2 Å². The quantitative estimate of drug-likeness (QED) is 0.154. The van der Waals surface area contributed by atoms with Gasteiger partial charge in [0.15, 0.2) is 0 Å². The first-order chi connectivity index (χ1) is 23.7. The molecule has 3 aromatic heterocycles. The maximum atomic E-state index is 13.6. The van der Waals surface area contributed by atoms with Gasteiger partial charge >= 0.3 is 6.03 Å². The molecule has 9 heteroatoms. The van der Waals surface area contributed by atoms with Gasteiger partial charge in [0.05, 0.1) is 29.8 Å². The van der Waals surface area contributed by atoms with Gasteiger partial charge in [-0.25, -0.2) is 9.48 Å². The molecule has 0 aliphatic heterocycles. The summed E-state index contributed by atoms with van der Waals surface area (Å²) < 4.78 is 1.72. The summed E-state index contributed by atoms with van der Waals surface area (Å²) >= 11 is 0. The normalized spacial score (nSPS) is 11.4. The zero-order valence-corrected chi connectivity index (χ0v) is 28.3. The van der Waals surface area contributed by atoms with Gasteiger partial charge in [0.1, 0.15) is 5.82 Å². The Balaban J connectivity index is 1.22. The van der Waals surface area contributed by atoms with Crippen LogP contribution in [0.1, 0.15) is 49.6 Å². The number of nitrogens with zero attached hydrogens (tertiary/aromatic N) is 6. The fraction of sp³-hybridized carbons (Fsp3) is 0.225. The van der Waals surface area contributed by atoms with Crippen LogP contribution in [0.3, 0.4) is 0 Å². The molecular formula is C40H40N8O. The molecule has 6 aromatic rings. The summed E-state index contributed by atoms with van der Waals surface area (Å²) in [5, 5.41) is 22.0. The molecule has 6 rings (SSSR count). The molecule has 0 saturated heterocycles. The van der Waals surface area contributed by atoms with Gasteiger partial charge in [-0.15, -0.1) is 0 Å². The van der Waals surface area contributed by atoms with Crippen molar-refractivity contribution in [3.05, 3.63) is 132 Å². The van der Waals surface area contributed by atoms with Crippen molar-refractivity contribution in [3.63, 3.8) is 0 Å². The van der Waals surface area contributed by atoms with E-state index in [2.05, 4.69) is 99.9 Å². The predicted molar refractivity (Wildman–Crippen MR) is 195 cm³/mol. The summed E-state index contributed by atoms with van der Waals surface area (Å²) in [5.74, 6) is 0.600. The van der Waals surface area contributed by atoms with E-state index in [0.717, 1.165) is 57.5 Å². The Kier molecular flexibility index (Phi) is 9.79. The molecule has 0 aliphatic rings. The van der Waals surface area contributed by atoms with Crippen molar-refractivity contribution < 1.29 is 4.79 Å². The number of benzene rings is 3. The van der Waals surface area contributed by atoms with E-state index in [4.69, 9.17) is 0 Å². The minimum Gasteiger partial charge on any atom is -0.307 e. The average Bonchev–Trinajstić information content (AvgIpc) is 3.52. The van der Waals surface area contributed by atoms with Crippen LogP contribution in [0.15, 0.2) is 110 Å². The fourth-order valence-electron chi connectivity index (χ4n) is 5.94. The molecular weight excluding hydrogens is 608 g/mol. The highest BCUT2D eigenvalue weighted by Gasteiger charge is 2.25. The standard InChI is InChI=1S/C40H40N8O/c1-28-12-17-32(24-43-28)48-38(36(25-44-48)40(2,3)4)46-39(49)45-37-19-18-33(34-10-5-6-11-35(34)37)31-15-13-29(14-16-31)26-47(22-8-20-41)27-30-9-7-21-42-23-30/h5-7,9-19,21,23-25H,8,22,26-27H2,1-4H3,(H2,45,46,49). The van der Waals surface area contributed by atoms with E-state index in [0.29, 0.717) is 24.5 Å². The summed E-state index contributed by atoms with van der Waals surface area (Å²) in [5.41, 5.74) is 7.48. The first-order valence-electron chi connectivity index (χ1n) is 16.4. The van der Waals surface area contributed by atoms with Crippen molar-refractivity contribution in [1.29, 1.82) is 5.26 Å². The number of aryl methyl sites for hydroxylation is 1.